The van der Waals surface area contributed by atoms with Crippen molar-refractivity contribution in [1.82, 2.24) is 5.32 Å². The lowest BCUT2D eigenvalue weighted by Crippen LogP contribution is -2.35. The van der Waals surface area contributed by atoms with E-state index in [-0.39, 0.29) is 12.3 Å². The van der Waals surface area contributed by atoms with Crippen LogP contribution >= 0.6 is 0 Å². The maximum absolute atomic E-state index is 11.5. The maximum atomic E-state index is 11.5. The van der Waals surface area contributed by atoms with Crippen molar-refractivity contribution in [2.24, 2.45) is 17.6 Å². The first-order valence-corrected chi connectivity index (χ1v) is 5.80. The number of amides is 2. The van der Waals surface area contributed by atoms with Crippen LogP contribution < -0.4 is 11.1 Å². The summed E-state index contributed by atoms with van der Waals surface area (Å²) in [7, 11) is 0. The summed E-state index contributed by atoms with van der Waals surface area (Å²) in [5.41, 5.74) is 5.20. The molecule has 0 aromatic heterocycles. The summed E-state index contributed by atoms with van der Waals surface area (Å²) in [6.45, 7) is 4.28. The van der Waals surface area contributed by atoms with Gasteiger partial charge in [-0.15, -0.1) is 6.58 Å². The average molecular weight is 224 g/mol. The molecule has 0 saturated heterocycles. The number of hydrogen-bond donors (Lipinski definition) is 2. The van der Waals surface area contributed by atoms with Crippen LogP contribution in [0.15, 0.2) is 12.7 Å². The summed E-state index contributed by atoms with van der Waals surface area (Å²) in [4.78, 5) is 22.5. The molecule has 1 unspecified atom stereocenters. The molecule has 0 aromatic carbocycles. The van der Waals surface area contributed by atoms with Gasteiger partial charge in [-0.25, -0.2) is 0 Å². The standard InChI is InChI=1S/C12H20N2O2/c1-2-4-10(12(13)16)7-11(15)14-8-9-5-3-6-9/h2,9-10H,1,3-8H2,(H2,13,16)(H,14,15). The molecule has 0 heterocycles. The van der Waals surface area contributed by atoms with Crippen LogP contribution in [0.2, 0.25) is 0 Å². The van der Waals surface area contributed by atoms with E-state index in [4.69, 9.17) is 5.73 Å². The number of hydrogen-bond acceptors (Lipinski definition) is 2. The topological polar surface area (TPSA) is 72.2 Å². The highest BCUT2D eigenvalue weighted by molar-refractivity contribution is 5.84. The minimum atomic E-state index is -0.432. The summed E-state index contributed by atoms with van der Waals surface area (Å²) in [6, 6.07) is 0. The van der Waals surface area contributed by atoms with Gasteiger partial charge in [-0.05, 0) is 25.2 Å². The number of carbonyl (C=O) groups excluding carboxylic acids is 2. The Bertz CT molecular complexity index is 272. The molecule has 0 radical (unpaired) electrons. The molecular formula is C12H20N2O2. The highest BCUT2D eigenvalue weighted by Crippen LogP contribution is 2.25. The third kappa shape index (κ3) is 4.04. The van der Waals surface area contributed by atoms with Crippen LogP contribution in [0.4, 0.5) is 0 Å². The summed E-state index contributed by atoms with van der Waals surface area (Å²) < 4.78 is 0. The molecule has 1 saturated carbocycles. The molecule has 90 valence electrons. The molecule has 0 bridgehead atoms. The third-order valence-corrected chi connectivity index (χ3v) is 3.10. The Morgan fingerprint density at radius 1 is 1.50 bits per heavy atom. The highest BCUT2D eigenvalue weighted by atomic mass is 16.2. The minimum absolute atomic E-state index is 0.0856. The van der Waals surface area contributed by atoms with E-state index in [0.717, 1.165) is 6.54 Å². The van der Waals surface area contributed by atoms with Crippen LogP contribution in [-0.4, -0.2) is 18.4 Å². The molecule has 16 heavy (non-hydrogen) atoms. The smallest absolute Gasteiger partial charge is 0.221 e. The molecule has 1 rings (SSSR count). The minimum Gasteiger partial charge on any atom is -0.369 e. The van der Waals surface area contributed by atoms with Crippen molar-refractivity contribution in [2.45, 2.75) is 32.1 Å². The van der Waals surface area contributed by atoms with E-state index >= 15 is 0 Å². The first-order chi connectivity index (χ1) is 7.63. The molecule has 1 aliphatic carbocycles. The highest BCUT2D eigenvalue weighted by Gasteiger charge is 2.21. The second-order valence-electron chi connectivity index (χ2n) is 4.43. The summed E-state index contributed by atoms with van der Waals surface area (Å²) in [6.07, 6.45) is 5.92. The molecular weight excluding hydrogens is 204 g/mol. The SMILES string of the molecule is C=CCC(CC(=O)NCC1CCC1)C(N)=O. The molecule has 4 heteroatoms. The van der Waals surface area contributed by atoms with Crippen molar-refractivity contribution in [3.05, 3.63) is 12.7 Å². The van der Waals surface area contributed by atoms with Crippen molar-refractivity contribution in [1.29, 1.82) is 0 Å². The maximum Gasteiger partial charge on any atom is 0.221 e. The third-order valence-electron chi connectivity index (χ3n) is 3.10. The predicted molar refractivity (Wildman–Crippen MR) is 62.5 cm³/mol. The zero-order valence-corrected chi connectivity index (χ0v) is 9.58. The molecule has 1 atom stereocenters. The van der Waals surface area contributed by atoms with E-state index in [1.54, 1.807) is 6.08 Å². The number of carbonyl (C=O) groups is 2. The van der Waals surface area contributed by atoms with E-state index in [0.29, 0.717) is 12.3 Å². The molecule has 2 amide bonds. The van der Waals surface area contributed by atoms with Crippen molar-refractivity contribution >= 4 is 11.8 Å². The molecule has 1 aliphatic rings. The lowest BCUT2D eigenvalue weighted by atomic mass is 9.85. The first-order valence-electron chi connectivity index (χ1n) is 5.80. The first kappa shape index (κ1) is 12.7. The molecule has 4 nitrogen and oxygen atoms in total. The quantitative estimate of drug-likeness (QED) is 0.632. The fraction of sp³-hybridized carbons (Fsp3) is 0.667. The van der Waals surface area contributed by atoms with Gasteiger partial charge in [0.2, 0.25) is 11.8 Å². The predicted octanol–water partition coefficient (Wildman–Crippen LogP) is 0.970. The van der Waals surface area contributed by atoms with Gasteiger partial charge in [0.25, 0.3) is 0 Å². The van der Waals surface area contributed by atoms with E-state index in [1.807, 2.05) is 0 Å². The van der Waals surface area contributed by atoms with Crippen molar-refractivity contribution in [3.8, 4) is 0 Å². The number of nitrogens with one attached hydrogen (secondary N) is 1. The van der Waals surface area contributed by atoms with Crippen LogP contribution in [0.25, 0.3) is 0 Å². The van der Waals surface area contributed by atoms with E-state index in [1.165, 1.54) is 19.3 Å². The number of allylic oxidation sites excluding steroid dienone is 1. The summed E-state index contributed by atoms with van der Waals surface area (Å²) in [5.74, 6) is -0.300. The zero-order chi connectivity index (χ0) is 12.0. The zero-order valence-electron chi connectivity index (χ0n) is 9.58. The molecule has 3 N–H and O–H groups in total. The Balaban J connectivity index is 2.23. The number of nitrogens with two attached hydrogens (primary N) is 1. The number of primary amides is 1. The Labute approximate surface area is 96.3 Å². The second-order valence-corrected chi connectivity index (χ2v) is 4.43. The van der Waals surface area contributed by atoms with Crippen LogP contribution in [0.5, 0.6) is 0 Å². The lowest BCUT2D eigenvalue weighted by Gasteiger charge is -2.25. The fourth-order valence-electron chi connectivity index (χ4n) is 1.75. The van der Waals surface area contributed by atoms with Gasteiger partial charge in [0, 0.05) is 18.9 Å². The normalized spacial score (nSPS) is 17.2. The van der Waals surface area contributed by atoms with Gasteiger partial charge in [-0.1, -0.05) is 12.5 Å². The van der Waals surface area contributed by atoms with Crippen molar-refractivity contribution in [2.75, 3.05) is 6.54 Å². The number of rotatable bonds is 7. The fourth-order valence-corrected chi connectivity index (χ4v) is 1.75. The Morgan fingerprint density at radius 3 is 2.62 bits per heavy atom. The van der Waals surface area contributed by atoms with Crippen LogP contribution in [-0.2, 0) is 9.59 Å². The van der Waals surface area contributed by atoms with Gasteiger partial charge in [-0.2, -0.15) is 0 Å². The monoisotopic (exact) mass is 224 g/mol. The Morgan fingerprint density at radius 2 is 2.19 bits per heavy atom. The van der Waals surface area contributed by atoms with Gasteiger partial charge in [0.15, 0.2) is 0 Å². The lowest BCUT2D eigenvalue weighted by molar-refractivity contribution is -0.128. The Hall–Kier alpha value is -1.32. The summed E-state index contributed by atoms with van der Waals surface area (Å²) >= 11 is 0. The van der Waals surface area contributed by atoms with Gasteiger partial charge >= 0.3 is 0 Å². The van der Waals surface area contributed by atoms with Gasteiger partial charge in [0.05, 0.1) is 0 Å². The van der Waals surface area contributed by atoms with Crippen LogP contribution in [0, 0.1) is 11.8 Å². The molecule has 1 fully saturated rings. The van der Waals surface area contributed by atoms with E-state index in [2.05, 4.69) is 11.9 Å². The van der Waals surface area contributed by atoms with Crippen molar-refractivity contribution in [3.63, 3.8) is 0 Å². The van der Waals surface area contributed by atoms with Gasteiger partial charge in [-0.3, -0.25) is 9.59 Å². The second kappa shape index (κ2) is 6.30. The van der Waals surface area contributed by atoms with E-state index < -0.39 is 11.8 Å². The van der Waals surface area contributed by atoms with Gasteiger partial charge < -0.3 is 11.1 Å². The van der Waals surface area contributed by atoms with Crippen molar-refractivity contribution < 1.29 is 9.59 Å². The van der Waals surface area contributed by atoms with Gasteiger partial charge in [0.1, 0.15) is 0 Å². The average Bonchev–Trinajstić information content (AvgIpc) is 2.14. The molecule has 0 aliphatic heterocycles. The largest absolute Gasteiger partial charge is 0.369 e. The van der Waals surface area contributed by atoms with E-state index in [9.17, 15) is 9.59 Å². The molecule has 0 spiro atoms. The van der Waals surface area contributed by atoms with Crippen LogP contribution in [0.3, 0.4) is 0 Å². The Kier molecular flexibility index (Phi) is 5.02. The molecule has 0 aromatic rings. The van der Waals surface area contributed by atoms with Crippen LogP contribution in [0.1, 0.15) is 32.1 Å². The summed E-state index contributed by atoms with van der Waals surface area (Å²) in [5, 5.41) is 2.85.